The summed E-state index contributed by atoms with van der Waals surface area (Å²) in [7, 11) is 0. The Morgan fingerprint density at radius 2 is 2.11 bits per heavy atom. The van der Waals surface area contributed by atoms with Crippen molar-refractivity contribution in [2.45, 2.75) is 57.5 Å². The molecule has 0 amide bonds. The number of carboxylic acid groups (broad SMARTS) is 1. The van der Waals surface area contributed by atoms with Crippen LogP contribution in [0.2, 0.25) is 0 Å². The van der Waals surface area contributed by atoms with Crippen molar-refractivity contribution in [3.8, 4) is 5.75 Å². The molecule has 3 heteroatoms. The van der Waals surface area contributed by atoms with Crippen LogP contribution in [0.4, 0.5) is 0 Å². The van der Waals surface area contributed by atoms with Crippen molar-refractivity contribution < 1.29 is 14.6 Å². The fraction of sp³-hybridized carbons (Fsp3) is 0.562. The van der Waals surface area contributed by atoms with E-state index in [9.17, 15) is 4.79 Å². The molecule has 19 heavy (non-hydrogen) atoms. The van der Waals surface area contributed by atoms with Gasteiger partial charge in [0.1, 0.15) is 11.9 Å². The van der Waals surface area contributed by atoms with Crippen LogP contribution < -0.4 is 4.74 Å². The van der Waals surface area contributed by atoms with E-state index in [0.717, 1.165) is 25.0 Å². The zero-order valence-corrected chi connectivity index (χ0v) is 11.2. The van der Waals surface area contributed by atoms with Gasteiger partial charge in [0.05, 0.1) is 0 Å². The molecule has 1 aliphatic heterocycles. The van der Waals surface area contributed by atoms with Crippen LogP contribution in [0.5, 0.6) is 5.75 Å². The molecular weight excluding hydrogens is 240 g/mol. The van der Waals surface area contributed by atoms with Gasteiger partial charge in [0.25, 0.3) is 0 Å². The lowest BCUT2D eigenvalue weighted by molar-refractivity contribution is -0.137. The number of unbranched alkanes of at least 4 members (excludes halogenated alkanes) is 1. The summed E-state index contributed by atoms with van der Waals surface area (Å²) in [6, 6.07) is 4.32. The molecule has 2 aliphatic rings. The molecule has 0 saturated carbocycles. The molecular formula is C16H20O3. The Balaban J connectivity index is 1.64. The highest BCUT2D eigenvalue weighted by molar-refractivity contribution is 5.66. The number of ether oxygens (including phenoxy) is 1. The van der Waals surface area contributed by atoms with Crippen molar-refractivity contribution in [1.29, 1.82) is 0 Å². The lowest BCUT2D eigenvalue weighted by atomic mass is 9.83. The van der Waals surface area contributed by atoms with E-state index in [1.54, 1.807) is 0 Å². The van der Waals surface area contributed by atoms with Crippen molar-refractivity contribution in [3.63, 3.8) is 0 Å². The predicted molar refractivity (Wildman–Crippen MR) is 72.6 cm³/mol. The first-order valence-corrected chi connectivity index (χ1v) is 7.29. The Morgan fingerprint density at radius 1 is 1.26 bits per heavy atom. The Morgan fingerprint density at radius 3 is 2.95 bits per heavy atom. The lowest BCUT2D eigenvalue weighted by Crippen LogP contribution is -2.23. The largest absolute Gasteiger partial charge is 0.485 e. The highest BCUT2D eigenvalue weighted by atomic mass is 16.5. The zero-order chi connectivity index (χ0) is 13.2. The van der Waals surface area contributed by atoms with Crippen LogP contribution in [0.1, 0.15) is 61.3 Å². The SMILES string of the molecule is O=C(O)CCCCC1Oc2ccc3c(c21)CCCC3. The van der Waals surface area contributed by atoms with Crippen molar-refractivity contribution >= 4 is 5.97 Å². The molecule has 0 radical (unpaired) electrons. The van der Waals surface area contributed by atoms with Crippen molar-refractivity contribution in [2.75, 3.05) is 0 Å². The van der Waals surface area contributed by atoms with Crippen LogP contribution in [-0.4, -0.2) is 11.1 Å². The second-order valence-electron chi connectivity index (χ2n) is 5.57. The fourth-order valence-corrected chi connectivity index (χ4v) is 3.25. The number of aryl methyl sites for hydroxylation is 1. The summed E-state index contributed by atoms with van der Waals surface area (Å²) in [5, 5.41) is 8.63. The number of carboxylic acids is 1. The Bertz CT molecular complexity index is 493. The van der Waals surface area contributed by atoms with Crippen molar-refractivity contribution in [1.82, 2.24) is 0 Å². The third kappa shape index (κ3) is 2.46. The van der Waals surface area contributed by atoms with Gasteiger partial charge in [-0.3, -0.25) is 4.79 Å². The van der Waals surface area contributed by atoms with Gasteiger partial charge in [-0.2, -0.15) is 0 Å². The van der Waals surface area contributed by atoms with Gasteiger partial charge in [0, 0.05) is 12.0 Å². The second-order valence-corrected chi connectivity index (χ2v) is 5.57. The summed E-state index contributed by atoms with van der Waals surface area (Å²) < 4.78 is 5.81. The molecule has 1 atom stereocenters. The maximum Gasteiger partial charge on any atom is 0.303 e. The van der Waals surface area contributed by atoms with Gasteiger partial charge in [0.2, 0.25) is 0 Å². The number of carbonyl (C=O) groups is 1. The highest BCUT2D eigenvalue weighted by Gasteiger charge is 2.32. The Labute approximate surface area is 113 Å². The van der Waals surface area contributed by atoms with Crippen LogP contribution in [-0.2, 0) is 17.6 Å². The molecule has 1 aromatic rings. The maximum absolute atomic E-state index is 10.5. The van der Waals surface area contributed by atoms with E-state index in [1.807, 2.05) is 0 Å². The number of benzene rings is 1. The molecule has 0 saturated heterocycles. The maximum atomic E-state index is 10.5. The first-order chi connectivity index (χ1) is 9.25. The first-order valence-electron chi connectivity index (χ1n) is 7.29. The van der Waals surface area contributed by atoms with E-state index < -0.39 is 5.97 Å². The molecule has 0 fully saturated rings. The number of aliphatic carboxylic acids is 1. The summed E-state index contributed by atoms with van der Waals surface area (Å²) in [5.74, 6) is 0.358. The molecule has 3 nitrogen and oxygen atoms in total. The summed E-state index contributed by atoms with van der Waals surface area (Å²) in [6.45, 7) is 0. The van der Waals surface area contributed by atoms with E-state index in [1.165, 1.54) is 42.4 Å². The minimum absolute atomic E-state index is 0.219. The molecule has 0 bridgehead atoms. The third-order valence-corrected chi connectivity index (χ3v) is 4.24. The predicted octanol–water partition coefficient (Wildman–Crippen LogP) is 3.64. The topological polar surface area (TPSA) is 46.5 Å². The second kappa shape index (κ2) is 5.24. The smallest absolute Gasteiger partial charge is 0.303 e. The van der Waals surface area contributed by atoms with Crippen LogP contribution in [0, 0.1) is 0 Å². The first kappa shape index (κ1) is 12.5. The van der Waals surface area contributed by atoms with E-state index in [-0.39, 0.29) is 12.5 Å². The molecule has 1 heterocycles. The van der Waals surface area contributed by atoms with Crippen molar-refractivity contribution in [2.24, 2.45) is 0 Å². The van der Waals surface area contributed by atoms with Crippen LogP contribution >= 0.6 is 0 Å². The van der Waals surface area contributed by atoms with Crippen molar-refractivity contribution in [3.05, 3.63) is 28.8 Å². The zero-order valence-electron chi connectivity index (χ0n) is 11.2. The van der Waals surface area contributed by atoms with Gasteiger partial charge >= 0.3 is 5.97 Å². The highest BCUT2D eigenvalue weighted by Crippen LogP contribution is 2.46. The van der Waals surface area contributed by atoms with E-state index >= 15 is 0 Å². The van der Waals surface area contributed by atoms with Gasteiger partial charge in [-0.05, 0) is 62.1 Å². The molecule has 1 aromatic carbocycles. The van der Waals surface area contributed by atoms with Crippen LogP contribution in [0.15, 0.2) is 12.1 Å². The summed E-state index contributed by atoms with van der Waals surface area (Å²) in [5.41, 5.74) is 4.45. The number of fused-ring (bicyclic) bond motifs is 3. The molecule has 0 aromatic heterocycles. The minimum Gasteiger partial charge on any atom is -0.485 e. The Hall–Kier alpha value is -1.51. The molecule has 1 unspecified atom stereocenters. The van der Waals surface area contributed by atoms with E-state index in [2.05, 4.69) is 12.1 Å². The van der Waals surface area contributed by atoms with Gasteiger partial charge in [-0.15, -0.1) is 0 Å². The standard InChI is InChI=1S/C16H20O3/c17-15(18)8-4-3-7-13-16-12-6-2-1-5-11(12)9-10-14(16)19-13/h9-10,13H,1-8H2,(H,17,18). The van der Waals surface area contributed by atoms with Gasteiger partial charge in [0.15, 0.2) is 0 Å². The van der Waals surface area contributed by atoms with Crippen LogP contribution in [0.3, 0.4) is 0 Å². The molecule has 102 valence electrons. The number of rotatable bonds is 5. The minimum atomic E-state index is -0.702. The molecule has 1 N–H and O–H groups in total. The number of hydrogen-bond donors (Lipinski definition) is 1. The van der Waals surface area contributed by atoms with Gasteiger partial charge in [-0.1, -0.05) is 6.07 Å². The monoisotopic (exact) mass is 260 g/mol. The average Bonchev–Trinajstić information content (AvgIpc) is 2.37. The normalized spacial score (nSPS) is 19.9. The number of hydrogen-bond acceptors (Lipinski definition) is 2. The van der Waals surface area contributed by atoms with Gasteiger partial charge < -0.3 is 9.84 Å². The van der Waals surface area contributed by atoms with E-state index in [0.29, 0.717) is 0 Å². The Kier molecular flexibility index (Phi) is 3.45. The molecule has 1 aliphatic carbocycles. The van der Waals surface area contributed by atoms with Gasteiger partial charge in [-0.25, -0.2) is 0 Å². The van der Waals surface area contributed by atoms with E-state index in [4.69, 9.17) is 9.84 Å². The summed E-state index contributed by atoms with van der Waals surface area (Å²) in [4.78, 5) is 10.5. The molecule has 0 spiro atoms. The lowest BCUT2D eigenvalue weighted by Gasteiger charge is -2.36. The fourth-order valence-electron chi connectivity index (χ4n) is 3.25. The van der Waals surface area contributed by atoms with Crippen LogP contribution in [0.25, 0.3) is 0 Å². The quantitative estimate of drug-likeness (QED) is 0.822. The summed E-state index contributed by atoms with van der Waals surface area (Å²) >= 11 is 0. The third-order valence-electron chi connectivity index (χ3n) is 4.24. The average molecular weight is 260 g/mol. The molecule has 3 rings (SSSR count). The summed E-state index contributed by atoms with van der Waals surface area (Å²) in [6.07, 6.45) is 8.10.